The standard InChI is InChI=1S/C24H31N3O6S3/c1-3-24(12-14-31-4-2,23(28)27-33-21-7-5-6-13-32-21)36(29,30)17-8-10-18-19(11-9-17)35-22(26-18)20-15-25-16-34-20/h8,10-11,15-16,21H,3-7,9,12-14H2,1-2H3,(H,27,28). The molecule has 1 N–H and O–H groups in total. The first-order valence-electron chi connectivity index (χ1n) is 12.1. The van der Waals surface area contributed by atoms with E-state index in [-0.39, 0.29) is 30.8 Å². The van der Waals surface area contributed by atoms with E-state index in [0.29, 0.717) is 25.0 Å². The second-order valence-corrected chi connectivity index (χ2v) is 12.7. The Morgan fingerprint density at radius 3 is 2.86 bits per heavy atom. The Morgan fingerprint density at radius 2 is 2.17 bits per heavy atom. The van der Waals surface area contributed by atoms with Gasteiger partial charge in [0.05, 0.1) is 20.3 Å². The largest absolute Gasteiger partial charge is 0.382 e. The molecule has 0 bridgehead atoms. The Morgan fingerprint density at radius 1 is 1.31 bits per heavy atom. The van der Waals surface area contributed by atoms with E-state index in [1.165, 1.54) is 22.7 Å². The highest BCUT2D eigenvalue weighted by Gasteiger charge is 2.50. The molecule has 12 heteroatoms. The molecule has 0 spiro atoms. The van der Waals surface area contributed by atoms with Gasteiger partial charge in [-0.25, -0.2) is 23.7 Å². The van der Waals surface area contributed by atoms with Gasteiger partial charge in [-0.15, -0.1) is 22.7 Å². The molecule has 2 aliphatic rings. The van der Waals surface area contributed by atoms with Gasteiger partial charge in [0.25, 0.3) is 5.91 Å². The molecule has 1 amide bonds. The van der Waals surface area contributed by atoms with Gasteiger partial charge in [0.1, 0.15) is 5.01 Å². The Hall–Kier alpha value is -1.96. The van der Waals surface area contributed by atoms with Crippen LogP contribution < -0.4 is 15.4 Å². The fraction of sp³-hybridized carbons (Fsp3) is 0.542. The lowest BCUT2D eigenvalue weighted by molar-refractivity contribution is -0.201. The van der Waals surface area contributed by atoms with Gasteiger partial charge >= 0.3 is 0 Å². The van der Waals surface area contributed by atoms with E-state index in [1.54, 1.807) is 30.8 Å². The molecular weight excluding hydrogens is 522 g/mol. The van der Waals surface area contributed by atoms with E-state index in [1.807, 2.05) is 13.0 Å². The molecule has 0 aromatic carbocycles. The number of nitrogens with one attached hydrogen (secondary N) is 1. The molecule has 196 valence electrons. The molecule has 36 heavy (non-hydrogen) atoms. The second kappa shape index (κ2) is 12.1. The quantitative estimate of drug-likeness (QED) is 0.334. The summed E-state index contributed by atoms with van der Waals surface area (Å²) in [5.74, 6) is -0.704. The van der Waals surface area contributed by atoms with Crippen molar-refractivity contribution in [3.05, 3.63) is 32.6 Å². The van der Waals surface area contributed by atoms with Gasteiger partial charge in [0, 0.05) is 43.8 Å². The second-order valence-electron chi connectivity index (χ2n) is 8.49. The van der Waals surface area contributed by atoms with Crippen LogP contribution in [0.25, 0.3) is 22.0 Å². The zero-order valence-electron chi connectivity index (χ0n) is 20.4. The number of carbonyl (C=O) groups is 1. The predicted octanol–water partition coefficient (Wildman–Crippen LogP) is 2.68. The Balaban J connectivity index is 1.63. The van der Waals surface area contributed by atoms with Crippen LogP contribution in [0.15, 0.2) is 22.7 Å². The minimum Gasteiger partial charge on any atom is -0.382 e. The summed E-state index contributed by atoms with van der Waals surface area (Å²) >= 11 is 2.99. The number of fused-ring (bicyclic) bond motifs is 1. The third-order valence-electron chi connectivity index (χ3n) is 6.36. The molecule has 1 fully saturated rings. The molecule has 2 unspecified atom stereocenters. The normalized spacial score (nSPS) is 19.7. The van der Waals surface area contributed by atoms with Gasteiger partial charge in [0.15, 0.2) is 20.9 Å². The summed E-state index contributed by atoms with van der Waals surface area (Å²) in [4.78, 5) is 28.8. The highest BCUT2D eigenvalue weighted by Crippen LogP contribution is 2.35. The third-order valence-corrected chi connectivity index (χ3v) is 11.1. The van der Waals surface area contributed by atoms with Crippen molar-refractivity contribution >= 4 is 50.6 Å². The van der Waals surface area contributed by atoms with Crippen molar-refractivity contribution in [2.24, 2.45) is 0 Å². The molecule has 1 saturated heterocycles. The number of hydroxylamine groups is 1. The van der Waals surface area contributed by atoms with Crippen molar-refractivity contribution in [2.75, 3.05) is 19.8 Å². The van der Waals surface area contributed by atoms with Crippen molar-refractivity contribution in [1.29, 1.82) is 0 Å². The maximum Gasteiger partial charge on any atom is 0.265 e. The molecule has 1 aliphatic heterocycles. The molecule has 0 saturated carbocycles. The number of sulfone groups is 1. The predicted molar refractivity (Wildman–Crippen MR) is 140 cm³/mol. The zero-order valence-corrected chi connectivity index (χ0v) is 22.8. The van der Waals surface area contributed by atoms with Gasteiger partial charge in [-0.05, 0) is 44.8 Å². The van der Waals surface area contributed by atoms with Crippen LogP contribution in [0.5, 0.6) is 0 Å². The fourth-order valence-corrected chi connectivity index (χ4v) is 7.95. The van der Waals surface area contributed by atoms with Gasteiger partial charge in [-0.3, -0.25) is 9.78 Å². The van der Waals surface area contributed by atoms with Crippen LogP contribution in [0.2, 0.25) is 0 Å². The number of allylic oxidation sites excluding steroid dienone is 2. The minimum absolute atomic E-state index is 0.00724. The van der Waals surface area contributed by atoms with E-state index in [4.69, 9.17) is 14.3 Å². The summed E-state index contributed by atoms with van der Waals surface area (Å²) in [5.41, 5.74) is 4.16. The molecule has 2 aromatic heterocycles. The van der Waals surface area contributed by atoms with Crippen LogP contribution in [-0.4, -0.2) is 55.2 Å². The Kier molecular flexibility index (Phi) is 9.07. The number of hydrogen-bond donors (Lipinski definition) is 1. The molecular formula is C24H31N3O6S3. The fourth-order valence-electron chi connectivity index (χ4n) is 4.21. The van der Waals surface area contributed by atoms with Crippen LogP contribution in [0.3, 0.4) is 0 Å². The van der Waals surface area contributed by atoms with Crippen molar-refractivity contribution in [3.8, 4) is 9.88 Å². The maximum atomic E-state index is 14.1. The molecule has 2 atom stereocenters. The van der Waals surface area contributed by atoms with Crippen LogP contribution in [0.4, 0.5) is 0 Å². The molecule has 4 rings (SSSR count). The van der Waals surface area contributed by atoms with E-state index >= 15 is 0 Å². The highest BCUT2D eigenvalue weighted by molar-refractivity contribution is 7.97. The zero-order chi connectivity index (χ0) is 25.6. The molecule has 2 aromatic rings. The van der Waals surface area contributed by atoms with Gasteiger partial charge in [0.2, 0.25) is 0 Å². The summed E-state index contributed by atoms with van der Waals surface area (Å²) in [5, 5.41) is 1.54. The average Bonchev–Trinajstić information content (AvgIpc) is 3.52. The molecule has 0 radical (unpaired) electrons. The lowest BCUT2D eigenvalue weighted by Crippen LogP contribution is -2.54. The number of amides is 1. The van der Waals surface area contributed by atoms with Gasteiger partial charge < -0.3 is 9.47 Å². The number of nitrogens with zero attached hydrogens (tertiary/aromatic N) is 2. The summed E-state index contributed by atoms with van der Waals surface area (Å²) in [6.45, 7) is 4.63. The van der Waals surface area contributed by atoms with Crippen LogP contribution in [0.1, 0.15) is 52.4 Å². The topological polar surface area (TPSA) is 117 Å². The van der Waals surface area contributed by atoms with Gasteiger partial charge in [-0.1, -0.05) is 13.0 Å². The highest BCUT2D eigenvalue weighted by atomic mass is 32.2. The molecule has 9 nitrogen and oxygen atoms in total. The first-order valence-corrected chi connectivity index (χ1v) is 15.3. The smallest absolute Gasteiger partial charge is 0.265 e. The van der Waals surface area contributed by atoms with E-state index < -0.39 is 26.8 Å². The van der Waals surface area contributed by atoms with Crippen LogP contribution >= 0.6 is 22.7 Å². The van der Waals surface area contributed by atoms with E-state index in [9.17, 15) is 13.2 Å². The number of ether oxygens (including phenoxy) is 2. The Labute approximate surface area is 218 Å². The van der Waals surface area contributed by atoms with Crippen molar-refractivity contribution < 1.29 is 27.5 Å². The number of carbonyl (C=O) groups excluding carboxylic acids is 1. The number of rotatable bonds is 11. The molecule has 1 aliphatic carbocycles. The van der Waals surface area contributed by atoms with Gasteiger partial charge in [-0.2, -0.15) is 0 Å². The number of aromatic nitrogens is 2. The lowest BCUT2D eigenvalue weighted by Gasteiger charge is -2.32. The van der Waals surface area contributed by atoms with Crippen molar-refractivity contribution in [1.82, 2.24) is 15.4 Å². The summed E-state index contributed by atoms with van der Waals surface area (Å²) < 4.78 is 38.3. The first-order chi connectivity index (χ1) is 17.4. The Bertz CT molecular complexity index is 1300. The maximum absolute atomic E-state index is 14.1. The number of hydrogen-bond acceptors (Lipinski definition) is 10. The minimum atomic E-state index is -4.09. The van der Waals surface area contributed by atoms with Crippen LogP contribution in [-0.2, 0) is 28.9 Å². The van der Waals surface area contributed by atoms with E-state index in [0.717, 1.165) is 27.3 Å². The van der Waals surface area contributed by atoms with Crippen LogP contribution in [0, 0.1) is 0 Å². The lowest BCUT2D eigenvalue weighted by atomic mass is 10.0. The summed E-state index contributed by atoms with van der Waals surface area (Å²) in [7, 11) is -4.09. The first kappa shape index (κ1) is 27.1. The van der Waals surface area contributed by atoms with Crippen molar-refractivity contribution in [3.63, 3.8) is 0 Å². The summed E-state index contributed by atoms with van der Waals surface area (Å²) in [6, 6.07) is 0. The SMILES string of the molecule is CCOCCC(CC)(C(=O)NOC1CCCCO1)S(=O)(=O)C1=CC=c2nc(-c3cncs3)sc2=CC1. The van der Waals surface area contributed by atoms with E-state index in [2.05, 4.69) is 15.4 Å². The monoisotopic (exact) mass is 553 g/mol. The average molecular weight is 554 g/mol. The third kappa shape index (κ3) is 5.63. The molecule has 3 heterocycles. The number of thiazole rings is 2. The van der Waals surface area contributed by atoms with Crippen molar-refractivity contribution in [2.45, 2.75) is 63.4 Å². The summed E-state index contributed by atoms with van der Waals surface area (Å²) in [6.07, 6.45) is 9.04.